The predicted molar refractivity (Wildman–Crippen MR) is 85.2 cm³/mol. The second-order valence-corrected chi connectivity index (χ2v) is 7.26. The Bertz CT molecular complexity index is 292. The van der Waals surface area contributed by atoms with E-state index in [2.05, 4.69) is 41.8 Å². The molecule has 6 heteroatoms. The Morgan fingerprint density at radius 3 is 1.35 bits per heavy atom. The molecule has 2 rings (SSSR count). The van der Waals surface area contributed by atoms with Crippen LogP contribution in [-0.4, -0.2) is 67.8 Å². The van der Waals surface area contributed by atoms with Crippen LogP contribution in [0, 0.1) is 0 Å². The molecule has 0 unspecified atom stereocenters. The molecule has 116 valence electrons. The maximum atomic E-state index is 9.90. The van der Waals surface area contributed by atoms with Crippen LogP contribution in [0.2, 0.25) is 0 Å². The molecule has 0 radical (unpaired) electrons. The number of nitrogens with two attached hydrogens (primary N) is 1. The van der Waals surface area contributed by atoms with Crippen LogP contribution in [0.4, 0.5) is 0 Å². The van der Waals surface area contributed by atoms with Gasteiger partial charge in [-0.2, -0.15) is 0 Å². The third-order valence-electron chi connectivity index (χ3n) is 4.16. The summed E-state index contributed by atoms with van der Waals surface area (Å²) in [6, 6.07) is 1.19. The van der Waals surface area contributed by atoms with Crippen LogP contribution in [0.1, 0.15) is 64.2 Å². The van der Waals surface area contributed by atoms with E-state index in [-0.39, 0.29) is 4.73 Å². The average molecular weight is 412 g/mol. The van der Waals surface area contributed by atoms with E-state index in [1.807, 2.05) is 0 Å². The summed E-state index contributed by atoms with van der Waals surface area (Å²) >= 11 is 4.99. The first kappa shape index (κ1) is 18.0. The van der Waals surface area contributed by atoms with Crippen LogP contribution in [-0.2, 0) is 0 Å². The summed E-state index contributed by atoms with van der Waals surface area (Å²) in [5.41, 5.74) is 4.53. The summed E-state index contributed by atoms with van der Waals surface area (Å²) < 4.78 is 0.235. The van der Waals surface area contributed by atoms with Crippen molar-refractivity contribution < 1.29 is 10.2 Å². The van der Waals surface area contributed by atoms with E-state index in [1.165, 1.54) is 64.2 Å². The van der Waals surface area contributed by atoms with Gasteiger partial charge in [-0.3, -0.25) is 0 Å². The topological polar surface area (TPSA) is 69.7 Å². The standard InChI is InChI=1S/C13H23NOSe.CH3NOSe/c15-13(16)14(11-7-3-1-4-8-11)12-9-5-2-6-10-12;2-1(3)4/h11-12H,1-10H2,(H,15,16);(H3,2,3,4). The molecule has 4 nitrogen and oxygen atoms in total. The molecule has 0 amide bonds. The Morgan fingerprint density at radius 1 is 0.800 bits per heavy atom. The Balaban J connectivity index is 0.000000444. The molecule has 0 aliphatic heterocycles. The van der Waals surface area contributed by atoms with Crippen LogP contribution in [0.3, 0.4) is 0 Å². The number of aliphatic hydroxyl groups excluding tert-OH is 2. The Labute approximate surface area is 137 Å². The van der Waals surface area contributed by atoms with Crippen molar-refractivity contribution in [1.29, 1.82) is 0 Å². The molecule has 2 saturated carbocycles. The van der Waals surface area contributed by atoms with Crippen molar-refractivity contribution in [3.8, 4) is 0 Å². The summed E-state index contributed by atoms with van der Waals surface area (Å²) in [6.07, 6.45) is 13.2. The summed E-state index contributed by atoms with van der Waals surface area (Å²) in [7, 11) is 0. The fourth-order valence-electron chi connectivity index (χ4n) is 3.33. The summed E-state index contributed by atoms with van der Waals surface area (Å²) in [6.45, 7) is 0. The number of aliphatic hydroxyl groups is 2. The van der Waals surface area contributed by atoms with Gasteiger partial charge < -0.3 is 0 Å². The molecular weight excluding hydrogens is 386 g/mol. The molecule has 0 spiro atoms. The third-order valence-corrected chi connectivity index (χ3v) is 4.60. The second kappa shape index (κ2) is 9.83. The van der Waals surface area contributed by atoms with Crippen molar-refractivity contribution in [2.45, 2.75) is 76.3 Å². The van der Waals surface area contributed by atoms with Crippen LogP contribution < -0.4 is 5.73 Å². The van der Waals surface area contributed by atoms with Gasteiger partial charge in [0.15, 0.2) is 0 Å². The zero-order valence-electron chi connectivity index (χ0n) is 12.0. The maximum absolute atomic E-state index is 9.90. The zero-order chi connectivity index (χ0) is 15.0. The fourth-order valence-corrected chi connectivity index (χ4v) is 3.95. The number of rotatable bonds is 3. The Morgan fingerprint density at radius 2 is 1.10 bits per heavy atom. The van der Waals surface area contributed by atoms with Crippen LogP contribution >= 0.6 is 0 Å². The Hall–Kier alpha value is -0.0210. The minimum atomic E-state index is -0.208. The molecule has 0 atom stereocenters. The third kappa shape index (κ3) is 6.62. The quantitative estimate of drug-likeness (QED) is 0.609. The molecule has 4 N–H and O–H groups in total. The molecular formula is C14H26N2O2Se2. The van der Waals surface area contributed by atoms with Gasteiger partial charge in [-0.1, -0.05) is 0 Å². The fraction of sp³-hybridized carbons (Fsp3) is 0.857. The van der Waals surface area contributed by atoms with Gasteiger partial charge in [-0.25, -0.2) is 0 Å². The van der Waals surface area contributed by atoms with E-state index in [4.69, 9.17) is 5.11 Å². The molecule has 0 heterocycles. The Kier molecular flexibility index (Phi) is 8.86. The molecule has 2 aliphatic rings. The molecule has 0 aromatic carbocycles. The van der Waals surface area contributed by atoms with Crippen LogP contribution in [0.15, 0.2) is 0 Å². The number of nitrogens with zero attached hydrogens (tertiary/aromatic N) is 1. The van der Waals surface area contributed by atoms with Crippen molar-refractivity contribution in [2.24, 2.45) is 5.73 Å². The molecule has 0 aromatic rings. The summed E-state index contributed by atoms with van der Waals surface area (Å²) in [5, 5.41) is 17.6. The molecule has 0 aromatic heterocycles. The van der Waals surface area contributed by atoms with Gasteiger partial charge in [-0.05, 0) is 0 Å². The molecule has 2 aliphatic carbocycles. The SMILES string of the molecule is NC(O)=[Se].OC(=[Se])N(C1CCCCC1)C1CCCCC1. The van der Waals surface area contributed by atoms with E-state index in [1.54, 1.807) is 0 Å². The van der Waals surface area contributed by atoms with Gasteiger partial charge in [0, 0.05) is 0 Å². The molecule has 0 bridgehead atoms. The van der Waals surface area contributed by atoms with Crippen molar-refractivity contribution in [1.82, 2.24) is 4.90 Å². The van der Waals surface area contributed by atoms with Crippen molar-refractivity contribution in [3.63, 3.8) is 0 Å². The summed E-state index contributed by atoms with van der Waals surface area (Å²) in [5.74, 6) is 0. The monoisotopic (exact) mass is 414 g/mol. The minimum absolute atomic E-state index is 0.208. The first-order valence-electron chi connectivity index (χ1n) is 7.52. The zero-order valence-corrected chi connectivity index (χ0v) is 15.4. The van der Waals surface area contributed by atoms with Gasteiger partial charge in [0.2, 0.25) is 0 Å². The van der Waals surface area contributed by atoms with Crippen LogP contribution in [0.5, 0.6) is 0 Å². The van der Waals surface area contributed by atoms with Gasteiger partial charge in [0.25, 0.3) is 0 Å². The summed E-state index contributed by atoms with van der Waals surface area (Å²) in [4.78, 5) is 2.30. The van der Waals surface area contributed by atoms with Gasteiger partial charge in [0.1, 0.15) is 0 Å². The normalized spacial score (nSPS) is 20.6. The van der Waals surface area contributed by atoms with E-state index < -0.39 is 0 Å². The van der Waals surface area contributed by atoms with Crippen molar-refractivity contribution in [3.05, 3.63) is 0 Å². The van der Waals surface area contributed by atoms with Crippen LogP contribution in [0.25, 0.3) is 0 Å². The molecule has 2 fully saturated rings. The predicted octanol–water partition coefficient (Wildman–Crippen LogP) is 1.16. The van der Waals surface area contributed by atoms with E-state index in [9.17, 15) is 5.11 Å². The molecule has 20 heavy (non-hydrogen) atoms. The first-order valence-corrected chi connectivity index (χ1v) is 9.23. The van der Waals surface area contributed by atoms with E-state index in [0.717, 1.165) is 0 Å². The van der Waals surface area contributed by atoms with Gasteiger partial charge in [-0.15, -0.1) is 0 Å². The number of hydrogen-bond donors (Lipinski definition) is 3. The van der Waals surface area contributed by atoms with E-state index >= 15 is 0 Å². The number of hydrogen-bond acceptors (Lipinski definition) is 4. The van der Waals surface area contributed by atoms with Gasteiger partial charge in [0.05, 0.1) is 0 Å². The first-order chi connectivity index (χ1) is 9.52. The second-order valence-electron chi connectivity index (χ2n) is 5.61. The average Bonchev–Trinajstić information content (AvgIpc) is 2.40. The molecule has 0 saturated heterocycles. The van der Waals surface area contributed by atoms with Crippen molar-refractivity contribution in [2.75, 3.05) is 0 Å². The van der Waals surface area contributed by atoms with Gasteiger partial charge >= 0.3 is 138 Å². The van der Waals surface area contributed by atoms with E-state index in [0.29, 0.717) is 16.8 Å². The van der Waals surface area contributed by atoms with Crippen molar-refractivity contribution >= 4 is 40.6 Å².